The van der Waals surface area contributed by atoms with Crippen LogP contribution in [0.2, 0.25) is 0 Å². The molecule has 2 aromatic carbocycles. The number of carbonyl (C=O) groups is 1. The number of benzene rings is 2. The van der Waals surface area contributed by atoms with Gasteiger partial charge in [-0.2, -0.15) is 0 Å². The van der Waals surface area contributed by atoms with Gasteiger partial charge in [-0.25, -0.2) is 0 Å². The van der Waals surface area contributed by atoms with Crippen molar-refractivity contribution < 1.29 is 29.2 Å². The molecule has 0 saturated heterocycles. The summed E-state index contributed by atoms with van der Waals surface area (Å²) in [5, 5.41) is 19.1. The molecular weight excluding hydrogens is 312 g/mol. The topological polar surface area (TPSA) is 85.2 Å². The molecule has 6 heteroatoms. The Balaban J connectivity index is 2.34. The quantitative estimate of drug-likeness (QED) is 0.481. The Morgan fingerprint density at radius 1 is 0.958 bits per heavy atom. The first-order valence-corrected chi connectivity index (χ1v) is 7.04. The van der Waals surface area contributed by atoms with Crippen molar-refractivity contribution in [2.24, 2.45) is 0 Å². The molecule has 24 heavy (non-hydrogen) atoms. The highest BCUT2D eigenvalue weighted by atomic mass is 16.5. The Bertz CT molecular complexity index is 754. The van der Waals surface area contributed by atoms with Crippen molar-refractivity contribution in [1.82, 2.24) is 0 Å². The molecule has 0 atom stereocenters. The number of ketones is 1. The molecule has 2 rings (SSSR count). The van der Waals surface area contributed by atoms with Crippen molar-refractivity contribution in [3.63, 3.8) is 0 Å². The molecule has 0 fully saturated rings. The van der Waals surface area contributed by atoms with E-state index in [1.807, 2.05) is 0 Å². The summed E-state index contributed by atoms with van der Waals surface area (Å²) in [6, 6.07) is 7.14. The predicted octanol–water partition coefficient (Wildman–Crippen LogP) is 3.02. The van der Waals surface area contributed by atoms with Crippen LogP contribution in [0.15, 0.2) is 36.4 Å². The van der Waals surface area contributed by atoms with Crippen LogP contribution >= 0.6 is 0 Å². The average Bonchev–Trinajstić information content (AvgIpc) is 2.60. The van der Waals surface area contributed by atoms with Crippen LogP contribution in [0.3, 0.4) is 0 Å². The van der Waals surface area contributed by atoms with E-state index in [2.05, 4.69) is 0 Å². The van der Waals surface area contributed by atoms with E-state index in [1.165, 1.54) is 45.6 Å². The predicted molar refractivity (Wildman–Crippen MR) is 89.2 cm³/mol. The van der Waals surface area contributed by atoms with Gasteiger partial charge in [-0.3, -0.25) is 4.79 Å². The molecule has 0 aromatic heterocycles. The number of allylic oxidation sites excluding steroid dienone is 1. The van der Waals surface area contributed by atoms with Gasteiger partial charge in [-0.1, -0.05) is 6.08 Å². The number of phenols is 2. The van der Waals surface area contributed by atoms with Gasteiger partial charge in [-0.15, -0.1) is 0 Å². The molecule has 6 nitrogen and oxygen atoms in total. The summed E-state index contributed by atoms with van der Waals surface area (Å²) >= 11 is 0. The number of aromatic hydroxyl groups is 2. The van der Waals surface area contributed by atoms with Crippen LogP contribution in [0.4, 0.5) is 0 Å². The summed E-state index contributed by atoms with van der Waals surface area (Å²) in [7, 11) is 4.51. The maximum Gasteiger partial charge on any atom is 0.203 e. The van der Waals surface area contributed by atoms with Crippen LogP contribution in [0.25, 0.3) is 6.08 Å². The Hall–Kier alpha value is -3.15. The first-order valence-electron chi connectivity index (χ1n) is 7.04. The number of ether oxygens (including phenoxy) is 3. The fraction of sp³-hybridized carbons (Fsp3) is 0.167. The molecule has 0 aliphatic carbocycles. The number of rotatable bonds is 6. The van der Waals surface area contributed by atoms with Crippen molar-refractivity contribution in [3.8, 4) is 28.7 Å². The van der Waals surface area contributed by atoms with Crippen LogP contribution in [0.1, 0.15) is 15.9 Å². The summed E-state index contributed by atoms with van der Waals surface area (Å²) < 4.78 is 15.7. The number of phenolic OH excluding ortho intramolecular Hbond substituents is 2. The SMILES string of the molecule is COc1cc(C=CC(=O)c2cc(O)ccc2O)cc(OC)c1OC. The zero-order chi connectivity index (χ0) is 17.7. The Morgan fingerprint density at radius 2 is 1.58 bits per heavy atom. The van der Waals surface area contributed by atoms with Gasteiger partial charge in [0.25, 0.3) is 0 Å². The Labute approximate surface area is 139 Å². The minimum atomic E-state index is -0.447. The normalized spacial score (nSPS) is 10.6. The van der Waals surface area contributed by atoms with Gasteiger partial charge < -0.3 is 24.4 Å². The number of hydrogen-bond donors (Lipinski definition) is 2. The largest absolute Gasteiger partial charge is 0.508 e. The molecule has 2 N–H and O–H groups in total. The zero-order valence-electron chi connectivity index (χ0n) is 13.6. The van der Waals surface area contributed by atoms with Crippen molar-refractivity contribution in [2.45, 2.75) is 0 Å². The van der Waals surface area contributed by atoms with E-state index in [1.54, 1.807) is 18.2 Å². The lowest BCUT2D eigenvalue weighted by molar-refractivity contribution is 0.104. The monoisotopic (exact) mass is 330 g/mol. The molecule has 0 bridgehead atoms. The van der Waals surface area contributed by atoms with E-state index in [4.69, 9.17) is 14.2 Å². The molecule has 0 saturated carbocycles. The van der Waals surface area contributed by atoms with Crippen LogP contribution in [0, 0.1) is 0 Å². The minimum absolute atomic E-state index is 0.0127. The van der Waals surface area contributed by atoms with E-state index in [0.717, 1.165) is 0 Å². The molecule has 0 aliphatic heterocycles. The number of methoxy groups -OCH3 is 3. The van der Waals surface area contributed by atoms with Crippen molar-refractivity contribution in [1.29, 1.82) is 0 Å². The van der Waals surface area contributed by atoms with E-state index in [0.29, 0.717) is 22.8 Å². The van der Waals surface area contributed by atoms with Gasteiger partial charge in [0.2, 0.25) is 5.75 Å². The van der Waals surface area contributed by atoms with E-state index in [-0.39, 0.29) is 17.1 Å². The molecule has 0 radical (unpaired) electrons. The number of carbonyl (C=O) groups excluding carboxylic acids is 1. The molecule has 0 unspecified atom stereocenters. The second kappa shape index (κ2) is 7.41. The lowest BCUT2D eigenvalue weighted by Crippen LogP contribution is -1.96. The van der Waals surface area contributed by atoms with E-state index in [9.17, 15) is 15.0 Å². The summed E-state index contributed by atoms with van der Waals surface area (Å²) in [4.78, 5) is 12.2. The van der Waals surface area contributed by atoms with Gasteiger partial charge in [0.05, 0.1) is 26.9 Å². The standard InChI is InChI=1S/C18H18O6/c1-22-16-8-11(9-17(23-2)18(16)24-3)4-6-14(20)13-10-12(19)5-7-15(13)21/h4-10,19,21H,1-3H3. The van der Waals surface area contributed by atoms with Crippen LogP contribution in [0.5, 0.6) is 28.7 Å². The highest BCUT2D eigenvalue weighted by molar-refractivity contribution is 6.08. The summed E-state index contributed by atoms with van der Waals surface area (Å²) in [6.45, 7) is 0. The second-order valence-corrected chi connectivity index (χ2v) is 4.86. The Kier molecular flexibility index (Phi) is 5.31. The summed E-state index contributed by atoms with van der Waals surface area (Å²) in [6.07, 6.45) is 2.84. The molecule has 0 heterocycles. The Morgan fingerprint density at radius 3 is 2.12 bits per heavy atom. The van der Waals surface area contributed by atoms with Crippen LogP contribution in [-0.2, 0) is 0 Å². The molecular formula is C18H18O6. The minimum Gasteiger partial charge on any atom is -0.508 e. The molecule has 2 aromatic rings. The maximum atomic E-state index is 12.2. The fourth-order valence-corrected chi connectivity index (χ4v) is 2.18. The first-order chi connectivity index (χ1) is 11.5. The van der Waals surface area contributed by atoms with Crippen molar-refractivity contribution in [3.05, 3.63) is 47.5 Å². The highest BCUT2D eigenvalue weighted by Gasteiger charge is 2.13. The molecule has 0 amide bonds. The zero-order valence-corrected chi connectivity index (χ0v) is 13.6. The second-order valence-electron chi connectivity index (χ2n) is 4.86. The molecule has 126 valence electrons. The summed E-state index contributed by atoms with van der Waals surface area (Å²) in [5.41, 5.74) is 0.663. The van der Waals surface area contributed by atoms with Crippen molar-refractivity contribution in [2.75, 3.05) is 21.3 Å². The maximum absolute atomic E-state index is 12.2. The van der Waals surface area contributed by atoms with Crippen molar-refractivity contribution >= 4 is 11.9 Å². The van der Waals surface area contributed by atoms with Gasteiger partial charge in [0.15, 0.2) is 17.3 Å². The summed E-state index contributed by atoms with van der Waals surface area (Å²) in [5.74, 6) is 0.629. The molecule has 0 aliphatic rings. The third kappa shape index (κ3) is 3.60. The lowest BCUT2D eigenvalue weighted by atomic mass is 10.1. The van der Waals surface area contributed by atoms with Gasteiger partial charge >= 0.3 is 0 Å². The van der Waals surface area contributed by atoms with Crippen LogP contribution < -0.4 is 14.2 Å². The van der Waals surface area contributed by atoms with Gasteiger partial charge in [0.1, 0.15) is 11.5 Å². The third-order valence-corrected chi connectivity index (χ3v) is 3.36. The third-order valence-electron chi connectivity index (χ3n) is 3.36. The van der Waals surface area contributed by atoms with E-state index < -0.39 is 5.78 Å². The number of hydrogen-bond acceptors (Lipinski definition) is 6. The van der Waals surface area contributed by atoms with Gasteiger partial charge in [-0.05, 0) is 42.0 Å². The fourth-order valence-electron chi connectivity index (χ4n) is 2.18. The van der Waals surface area contributed by atoms with E-state index >= 15 is 0 Å². The average molecular weight is 330 g/mol. The lowest BCUT2D eigenvalue weighted by Gasteiger charge is -2.12. The van der Waals surface area contributed by atoms with Crippen LogP contribution in [-0.4, -0.2) is 37.3 Å². The first kappa shape index (κ1) is 17.2. The van der Waals surface area contributed by atoms with Gasteiger partial charge in [0, 0.05) is 0 Å². The highest BCUT2D eigenvalue weighted by Crippen LogP contribution is 2.38. The smallest absolute Gasteiger partial charge is 0.203 e. The molecule has 0 spiro atoms.